The number of hydrogen-bond acceptors (Lipinski definition) is 4. The van der Waals surface area contributed by atoms with Crippen LogP contribution in [0.4, 0.5) is 18.3 Å². The maximum absolute atomic E-state index is 13.4. The summed E-state index contributed by atoms with van der Waals surface area (Å²) in [5.74, 6) is 0.336. The quantitative estimate of drug-likeness (QED) is 0.645. The van der Waals surface area contributed by atoms with Crippen molar-refractivity contribution in [3.63, 3.8) is 0 Å². The SMILES string of the molecule is CC12CC3CC(C)(C1)CC(C(=O)Nc1nc4ccc(OC(F)(F)F)cc4s1)(C3)C2. The molecule has 4 nitrogen and oxygen atoms in total. The van der Waals surface area contributed by atoms with Gasteiger partial charge in [0.25, 0.3) is 0 Å². The fourth-order valence-electron chi connectivity index (χ4n) is 7.09. The van der Waals surface area contributed by atoms with Crippen molar-refractivity contribution >= 4 is 32.6 Å². The summed E-state index contributed by atoms with van der Waals surface area (Å²) >= 11 is 1.18. The molecule has 2 unspecified atom stereocenters. The highest BCUT2D eigenvalue weighted by Gasteiger charge is 2.62. The van der Waals surface area contributed by atoms with Crippen molar-refractivity contribution in [2.45, 2.75) is 58.7 Å². The number of amides is 1. The van der Waals surface area contributed by atoms with Gasteiger partial charge in [-0.2, -0.15) is 0 Å². The molecule has 156 valence electrons. The third-order valence-corrected chi connectivity index (χ3v) is 7.86. The molecular weight excluding hydrogens is 401 g/mol. The second kappa shape index (κ2) is 5.86. The Morgan fingerprint density at radius 3 is 2.48 bits per heavy atom. The largest absolute Gasteiger partial charge is 0.573 e. The number of hydrogen-bond donors (Lipinski definition) is 1. The molecule has 4 fully saturated rings. The van der Waals surface area contributed by atoms with Crippen molar-refractivity contribution in [3.05, 3.63) is 18.2 Å². The molecule has 1 amide bonds. The Labute approximate surface area is 170 Å². The monoisotopic (exact) mass is 424 g/mol. The van der Waals surface area contributed by atoms with Crippen molar-refractivity contribution in [1.82, 2.24) is 4.98 Å². The van der Waals surface area contributed by atoms with Gasteiger partial charge in [0, 0.05) is 6.07 Å². The molecule has 4 aliphatic carbocycles. The molecule has 1 N–H and O–H groups in total. The van der Waals surface area contributed by atoms with E-state index in [-0.39, 0.29) is 27.9 Å². The first-order valence-electron chi connectivity index (χ1n) is 9.93. The predicted octanol–water partition coefficient (Wildman–Crippen LogP) is 6.13. The first-order chi connectivity index (χ1) is 13.5. The van der Waals surface area contributed by atoms with Crippen LogP contribution in [0, 0.1) is 22.2 Å². The van der Waals surface area contributed by atoms with Crippen LogP contribution in [0.5, 0.6) is 5.75 Å². The molecule has 1 heterocycles. The fourth-order valence-corrected chi connectivity index (χ4v) is 7.98. The lowest BCUT2D eigenvalue weighted by Gasteiger charge is -2.64. The number of halogens is 3. The number of anilines is 1. The zero-order chi connectivity index (χ0) is 20.7. The first kappa shape index (κ1) is 19.2. The van der Waals surface area contributed by atoms with Crippen LogP contribution in [0.15, 0.2) is 18.2 Å². The minimum absolute atomic E-state index is 0.0184. The molecule has 29 heavy (non-hydrogen) atoms. The number of aromatic nitrogens is 1. The van der Waals surface area contributed by atoms with Crippen LogP contribution in [-0.4, -0.2) is 17.3 Å². The Kier molecular flexibility index (Phi) is 3.87. The number of nitrogens with zero attached hydrogens (tertiary/aromatic N) is 1. The van der Waals surface area contributed by atoms with Gasteiger partial charge in [-0.15, -0.1) is 13.2 Å². The number of carbonyl (C=O) groups excluding carboxylic acids is 1. The van der Waals surface area contributed by atoms with Gasteiger partial charge in [-0.3, -0.25) is 4.79 Å². The summed E-state index contributed by atoms with van der Waals surface area (Å²) in [5, 5.41) is 3.43. The summed E-state index contributed by atoms with van der Waals surface area (Å²) in [7, 11) is 0. The lowest BCUT2D eigenvalue weighted by atomic mass is 9.40. The van der Waals surface area contributed by atoms with Crippen molar-refractivity contribution in [2.75, 3.05) is 5.32 Å². The third kappa shape index (κ3) is 3.39. The highest BCUT2D eigenvalue weighted by molar-refractivity contribution is 7.22. The van der Waals surface area contributed by atoms with Crippen molar-refractivity contribution in [2.24, 2.45) is 22.2 Å². The lowest BCUT2D eigenvalue weighted by Crippen LogP contribution is -2.58. The predicted molar refractivity (Wildman–Crippen MR) is 105 cm³/mol. The lowest BCUT2D eigenvalue weighted by molar-refractivity contribution is -0.274. The van der Waals surface area contributed by atoms with Crippen molar-refractivity contribution < 1.29 is 22.7 Å². The molecule has 2 atom stereocenters. The highest BCUT2D eigenvalue weighted by atomic mass is 32.1. The summed E-state index contributed by atoms with van der Waals surface area (Å²) < 4.78 is 41.9. The Balaban J connectivity index is 1.39. The highest BCUT2D eigenvalue weighted by Crippen LogP contribution is 2.69. The molecule has 6 rings (SSSR count). The first-order valence-corrected chi connectivity index (χ1v) is 10.7. The minimum Gasteiger partial charge on any atom is -0.406 e. The van der Waals surface area contributed by atoms with E-state index in [4.69, 9.17) is 0 Å². The number of carbonyl (C=O) groups is 1. The van der Waals surface area contributed by atoms with E-state index in [1.807, 2.05) is 0 Å². The molecule has 8 heteroatoms. The van der Waals surface area contributed by atoms with Gasteiger partial charge in [-0.1, -0.05) is 25.2 Å². The van der Waals surface area contributed by atoms with Gasteiger partial charge in [0.05, 0.1) is 15.6 Å². The Morgan fingerprint density at radius 1 is 1.17 bits per heavy atom. The van der Waals surface area contributed by atoms with Gasteiger partial charge in [-0.25, -0.2) is 4.98 Å². The van der Waals surface area contributed by atoms with Crippen LogP contribution in [0.2, 0.25) is 0 Å². The summed E-state index contributed by atoms with van der Waals surface area (Å²) in [5.41, 5.74) is 0.640. The van der Waals surface area contributed by atoms with E-state index in [9.17, 15) is 18.0 Å². The van der Waals surface area contributed by atoms with Crippen LogP contribution < -0.4 is 10.1 Å². The molecule has 4 saturated carbocycles. The Hall–Kier alpha value is -1.83. The summed E-state index contributed by atoms with van der Waals surface area (Å²) in [6, 6.07) is 4.03. The van der Waals surface area contributed by atoms with E-state index in [0.717, 1.165) is 19.3 Å². The number of benzene rings is 1. The zero-order valence-electron chi connectivity index (χ0n) is 16.4. The second-order valence-electron chi connectivity index (χ2n) is 10.1. The van der Waals surface area contributed by atoms with Gasteiger partial charge >= 0.3 is 6.36 Å². The molecule has 0 saturated heterocycles. The zero-order valence-corrected chi connectivity index (χ0v) is 17.2. The minimum atomic E-state index is -4.74. The van der Waals surface area contributed by atoms with E-state index in [1.165, 1.54) is 48.8 Å². The molecular formula is C21H23F3N2O2S. The van der Waals surface area contributed by atoms with E-state index >= 15 is 0 Å². The van der Waals surface area contributed by atoms with Crippen molar-refractivity contribution in [3.8, 4) is 5.75 Å². The van der Waals surface area contributed by atoms with E-state index in [2.05, 4.69) is 28.9 Å². The molecule has 0 spiro atoms. The molecule has 0 aliphatic heterocycles. The van der Waals surface area contributed by atoms with E-state index in [1.54, 1.807) is 0 Å². The molecule has 1 aromatic heterocycles. The van der Waals surface area contributed by atoms with E-state index in [0.29, 0.717) is 21.3 Å². The topological polar surface area (TPSA) is 51.2 Å². The van der Waals surface area contributed by atoms with Gasteiger partial charge in [-0.05, 0) is 67.4 Å². The average molecular weight is 424 g/mol. The number of alkyl halides is 3. The van der Waals surface area contributed by atoms with Crippen LogP contribution in [0.25, 0.3) is 10.2 Å². The number of fused-ring (bicyclic) bond motifs is 1. The maximum atomic E-state index is 13.4. The Bertz CT molecular complexity index is 983. The van der Waals surface area contributed by atoms with Gasteiger partial charge in [0.1, 0.15) is 5.75 Å². The molecule has 1 aromatic carbocycles. The van der Waals surface area contributed by atoms with E-state index < -0.39 is 6.36 Å². The standard InChI is InChI=1S/C21H23F3N2O2S/c1-18-6-12-7-19(2,9-18)11-20(8-12,10-18)16(27)26-17-25-14-4-3-13(5-15(14)29-17)28-21(22,23)24/h3-5,12H,6-11H2,1-2H3,(H,25,26,27). The van der Waals surface area contributed by atoms with Crippen LogP contribution in [0.3, 0.4) is 0 Å². The van der Waals surface area contributed by atoms with Gasteiger partial charge in [0.2, 0.25) is 5.91 Å². The number of nitrogens with one attached hydrogen (secondary N) is 1. The van der Waals surface area contributed by atoms with Crippen molar-refractivity contribution in [1.29, 1.82) is 0 Å². The van der Waals surface area contributed by atoms with Crippen LogP contribution in [0.1, 0.15) is 52.4 Å². The Morgan fingerprint density at radius 2 is 1.86 bits per heavy atom. The summed E-state index contributed by atoms with van der Waals surface area (Å²) in [6.07, 6.45) is 1.62. The third-order valence-electron chi connectivity index (χ3n) is 6.92. The van der Waals surface area contributed by atoms with Crippen LogP contribution >= 0.6 is 11.3 Å². The molecule has 2 aromatic rings. The van der Waals surface area contributed by atoms with Gasteiger partial charge < -0.3 is 10.1 Å². The smallest absolute Gasteiger partial charge is 0.406 e. The number of thiazole rings is 1. The molecule has 4 aliphatic rings. The summed E-state index contributed by atoms with van der Waals surface area (Å²) in [4.78, 5) is 17.8. The number of rotatable bonds is 3. The molecule has 0 radical (unpaired) electrons. The van der Waals surface area contributed by atoms with Gasteiger partial charge in [0.15, 0.2) is 5.13 Å². The normalized spacial score (nSPS) is 35.8. The fraction of sp³-hybridized carbons (Fsp3) is 0.619. The second-order valence-corrected chi connectivity index (χ2v) is 11.1. The average Bonchev–Trinajstić information content (AvgIpc) is 2.91. The maximum Gasteiger partial charge on any atom is 0.573 e. The van der Waals surface area contributed by atoms with Crippen LogP contribution in [-0.2, 0) is 4.79 Å². The molecule has 4 bridgehead atoms. The summed E-state index contributed by atoms with van der Waals surface area (Å²) in [6.45, 7) is 4.63. The number of ether oxygens (including phenoxy) is 1.